The van der Waals surface area contributed by atoms with Crippen molar-refractivity contribution in [2.75, 3.05) is 6.54 Å². The lowest BCUT2D eigenvalue weighted by Gasteiger charge is -2.25. The molecule has 0 saturated heterocycles. The van der Waals surface area contributed by atoms with E-state index in [1.54, 1.807) is 11.3 Å². The fraction of sp³-hybridized carbons (Fsp3) is 0.333. The lowest BCUT2D eigenvalue weighted by molar-refractivity contribution is -0.137. The predicted molar refractivity (Wildman–Crippen MR) is 75.5 cm³/mol. The van der Waals surface area contributed by atoms with Gasteiger partial charge in [0.1, 0.15) is 11.4 Å². The van der Waals surface area contributed by atoms with Gasteiger partial charge < -0.3 is 5.11 Å². The standard InChI is InChI=1S/C12H13N3O4S2/c16-12(17)8-14-7-10(5-13-14)21(18,19)15-3-1-11-9(6-15)2-4-20-11/h2,4-5,7H,1,3,6,8H2,(H,16,17). The maximum atomic E-state index is 12.5. The largest absolute Gasteiger partial charge is 0.480 e. The number of rotatable bonds is 4. The minimum absolute atomic E-state index is 0.0300. The molecule has 0 unspecified atom stereocenters. The van der Waals surface area contributed by atoms with E-state index in [0.717, 1.165) is 10.2 Å². The van der Waals surface area contributed by atoms with Crippen LogP contribution in [0.3, 0.4) is 0 Å². The SMILES string of the molecule is O=C(O)Cn1cc(S(=O)(=O)N2CCc3sccc3C2)cn1. The molecule has 0 saturated carbocycles. The Balaban J connectivity index is 1.84. The molecule has 9 heteroatoms. The molecule has 112 valence electrons. The maximum Gasteiger partial charge on any atom is 0.325 e. The summed E-state index contributed by atoms with van der Waals surface area (Å²) in [5.74, 6) is -1.07. The molecule has 0 spiro atoms. The molecule has 1 N–H and O–H groups in total. The van der Waals surface area contributed by atoms with Crippen LogP contribution in [0, 0.1) is 0 Å². The zero-order chi connectivity index (χ0) is 15.0. The molecule has 7 nitrogen and oxygen atoms in total. The van der Waals surface area contributed by atoms with Crippen molar-refractivity contribution in [2.24, 2.45) is 0 Å². The number of aliphatic carboxylic acids is 1. The van der Waals surface area contributed by atoms with E-state index in [4.69, 9.17) is 5.11 Å². The quantitative estimate of drug-likeness (QED) is 0.895. The molecule has 1 aliphatic heterocycles. The number of carboxylic acid groups (broad SMARTS) is 1. The van der Waals surface area contributed by atoms with Crippen LogP contribution >= 0.6 is 11.3 Å². The van der Waals surface area contributed by atoms with Gasteiger partial charge in [0.15, 0.2) is 0 Å². The Morgan fingerprint density at radius 2 is 2.29 bits per heavy atom. The molecule has 0 fully saturated rings. The third kappa shape index (κ3) is 2.71. The van der Waals surface area contributed by atoms with Gasteiger partial charge in [-0.1, -0.05) is 0 Å². The monoisotopic (exact) mass is 327 g/mol. The van der Waals surface area contributed by atoms with E-state index in [1.165, 1.54) is 21.6 Å². The molecule has 3 heterocycles. The van der Waals surface area contributed by atoms with Gasteiger partial charge in [0.2, 0.25) is 10.0 Å². The zero-order valence-corrected chi connectivity index (χ0v) is 12.6. The smallest absolute Gasteiger partial charge is 0.325 e. The van der Waals surface area contributed by atoms with Crippen LogP contribution in [0.15, 0.2) is 28.7 Å². The van der Waals surface area contributed by atoms with E-state index in [-0.39, 0.29) is 11.4 Å². The number of fused-ring (bicyclic) bond motifs is 1. The molecule has 1 aliphatic rings. The highest BCUT2D eigenvalue weighted by Gasteiger charge is 2.29. The van der Waals surface area contributed by atoms with Crippen molar-refractivity contribution in [3.63, 3.8) is 0 Å². The molecule has 0 amide bonds. The van der Waals surface area contributed by atoms with Crippen LogP contribution in [-0.2, 0) is 34.3 Å². The Labute approximate surface area is 125 Å². The summed E-state index contributed by atoms with van der Waals surface area (Å²) < 4.78 is 27.6. The van der Waals surface area contributed by atoms with Crippen LogP contribution in [0.2, 0.25) is 0 Å². The number of thiophene rings is 1. The first-order chi connectivity index (χ1) is 9.96. The van der Waals surface area contributed by atoms with Crippen LogP contribution in [0.5, 0.6) is 0 Å². The highest BCUT2D eigenvalue weighted by Crippen LogP contribution is 2.27. The lowest BCUT2D eigenvalue weighted by Crippen LogP contribution is -2.35. The van der Waals surface area contributed by atoms with Gasteiger partial charge in [0.25, 0.3) is 0 Å². The van der Waals surface area contributed by atoms with E-state index < -0.39 is 16.0 Å². The van der Waals surface area contributed by atoms with E-state index in [9.17, 15) is 13.2 Å². The Kier molecular flexibility index (Phi) is 3.56. The summed E-state index contributed by atoms with van der Waals surface area (Å²) in [6.45, 7) is 0.426. The molecular weight excluding hydrogens is 314 g/mol. The summed E-state index contributed by atoms with van der Waals surface area (Å²) in [5, 5.41) is 14.4. The molecule has 0 atom stereocenters. The average molecular weight is 327 g/mol. The lowest BCUT2D eigenvalue weighted by atomic mass is 10.1. The third-order valence-corrected chi connectivity index (χ3v) is 6.14. The second-order valence-corrected chi connectivity index (χ2v) is 7.66. The van der Waals surface area contributed by atoms with Crippen LogP contribution in [0.1, 0.15) is 10.4 Å². The fourth-order valence-corrected chi connectivity index (χ4v) is 4.54. The first kappa shape index (κ1) is 14.2. The molecule has 21 heavy (non-hydrogen) atoms. The molecule has 0 bridgehead atoms. The normalized spacial score (nSPS) is 15.8. The van der Waals surface area contributed by atoms with Crippen molar-refractivity contribution in [3.05, 3.63) is 34.3 Å². The van der Waals surface area contributed by atoms with Crippen molar-refractivity contribution < 1.29 is 18.3 Å². The molecular formula is C12H13N3O4S2. The summed E-state index contributed by atoms with van der Waals surface area (Å²) in [6, 6.07) is 1.94. The van der Waals surface area contributed by atoms with Crippen molar-refractivity contribution in [3.8, 4) is 0 Å². The molecule has 3 rings (SSSR count). The maximum absolute atomic E-state index is 12.5. The minimum Gasteiger partial charge on any atom is -0.480 e. The third-order valence-electron chi connectivity index (χ3n) is 3.32. The molecule has 2 aromatic rings. The van der Waals surface area contributed by atoms with Gasteiger partial charge in [-0.05, 0) is 23.4 Å². The van der Waals surface area contributed by atoms with Gasteiger partial charge in [0, 0.05) is 24.2 Å². The highest BCUT2D eigenvalue weighted by atomic mass is 32.2. The van der Waals surface area contributed by atoms with Crippen molar-refractivity contribution in [1.29, 1.82) is 0 Å². The average Bonchev–Trinajstić information content (AvgIpc) is 3.05. The van der Waals surface area contributed by atoms with Gasteiger partial charge >= 0.3 is 5.97 Å². The predicted octanol–water partition coefficient (Wildman–Crippen LogP) is 0.776. The Morgan fingerprint density at radius 3 is 3.05 bits per heavy atom. The van der Waals surface area contributed by atoms with Crippen molar-refractivity contribution >= 4 is 27.3 Å². The second-order valence-electron chi connectivity index (χ2n) is 4.72. The fourth-order valence-electron chi connectivity index (χ4n) is 2.28. The summed E-state index contributed by atoms with van der Waals surface area (Å²) >= 11 is 1.64. The molecule has 0 aromatic carbocycles. The number of hydrogen-bond acceptors (Lipinski definition) is 5. The van der Waals surface area contributed by atoms with Gasteiger partial charge in [-0.3, -0.25) is 9.48 Å². The van der Waals surface area contributed by atoms with Gasteiger partial charge in [-0.2, -0.15) is 9.40 Å². The summed E-state index contributed by atoms with van der Waals surface area (Å²) in [7, 11) is -3.64. The van der Waals surface area contributed by atoms with Gasteiger partial charge in [0.05, 0.1) is 6.20 Å². The highest BCUT2D eigenvalue weighted by molar-refractivity contribution is 7.89. The summed E-state index contributed by atoms with van der Waals surface area (Å²) in [6.07, 6.45) is 3.16. The number of nitrogens with zero attached hydrogens (tertiary/aromatic N) is 3. The Bertz CT molecular complexity index is 778. The van der Waals surface area contributed by atoms with Gasteiger partial charge in [-0.25, -0.2) is 8.42 Å². The molecule has 0 radical (unpaired) electrons. The first-order valence-electron chi connectivity index (χ1n) is 6.26. The number of hydrogen-bond donors (Lipinski definition) is 1. The Morgan fingerprint density at radius 1 is 1.48 bits per heavy atom. The van der Waals surface area contributed by atoms with E-state index in [1.807, 2.05) is 11.4 Å². The van der Waals surface area contributed by atoms with E-state index in [2.05, 4.69) is 5.10 Å². The van der Waals surface area contributed by atoms with Crippen LogP contribution in [0.4, 0.5) is 0 Å². The van der Waals surface area contributed by atoms with Gasteiger partial charge in [-0.15, -0.1) is 11.3 Å². The summed E-state index contributed by atoms with van der Waals surface area (Å²) in [4.78, 5) is 11.9. The number of sulfonamides is 1. The minimum atomic E-state index is -3.64. The zero-order valence-electron chi connectivity index (χ0n) is 11.0. The molecule has 2 aromatic heterocycles. The second kappa shape index (κ2) is 5.24. The number of carboxylic acids is 1. The topological polar surface area (TPSA) is 92.5 Å². The van der Waals surface area contributed by atoms with Crippen LogP contribution in [0.25, 0.3) is 0 Å². The van der Waals surface area contributed by atoms with Crippen molar-refractivity contribution in [2.45, 2.75) is 24.4 Å². The van der Waals surface area contributed by atoms with E-state index >= 15 is 0 Å². The number of aromatic nitrogens is 2. The number of carbonyl (C=O) groups is 1. The van der Waals surface area contributed by atoms with E-state index in [0.29, 0.717) is 19.5 Å². The first-order valence-corrected chi connectivity index (χ1v) is 8.58. The van der Waals surface area contributed by atoms with Crippen LogP contribution < -0.4 is 0 Å². The van der Waals surface area contributed by atoms with Crippen molar-refractivity contribution in [1.82, 2.24) is 14.1 Å². The molecule has 0 aliphatic carbocycles. The summed E-state index contributed by atoms with van der Waals surface area (Å²) in [5.41, 5.74) is 1.03. The van der Waals surface area contributed by atoms with Crippen LogP contribution in [-0.4, -0.2) is 40.1 Å². The Hall–Kier alpha value is -1.71.